The van der Waals surface area contributed by atoms with Crippen LogP contribution in [0.5, 0.6) is 0 Å². The largest absolute Gasteiger partial charge is 0.421 e. The van der Waals surface area contributed by atoms with Gasteiger partial charge in [-0.25, -0.2) is 9.78 Å². The number of aryl methyl sites for hydroxylation is 2. The summed E-state index contributed by atoms with van der Waals surface area (Å²) < 4.78 is 5.40. The Morgan fingerprint density at radius 3 is 2.65 bits per heavy atom. The van der Waals surface area contributed by atoms with Crippen molar-refractivity contribution in [2.75, 3.05) is 5.32 Å². The lowest BCUT2D eigenvalue weighted by Gasteiger charge is -2.05. The summed E-state index contributed by atoms with van der Waals surface area (Å²) in [6.45, 7) is 4.10. The van der Waals surface area contributed by atoms with E-state index in [2.05, 4.69) is 42.3 Å². The predicted molar refractivity (Wildman–Crippen MR) is 108 cm³/mol. The van der Waals surface area contributed by atoms with Gasteiger partial charge in [0.1, 0.15) is 10.8 Å². The van der Waals surface area contributed by atoms with Gasteiger partial charge in [0, 0.05) is 16.5 Å². The van der Waals surface area contributed by atoms with Crippen LogP contribution in [0.4, 0.5) is 11.5 Å². The van der Waals surface area contributed by atoms with Crippen molar-refractivity contribution in [2.24, 2.45) is 0 Å². The smallest absolute Gasteiger partial charge is 0.346 e. The van der Waals surface area contributed by atoms with E-state index >= 15 is 0 Å². The maximum atomic E-state index is 12.4. The number of benzene rings is 2. The van der Waals surface area contributed by atoms with Gasteiger partial charge >= 0.3 is 5.63 Å². The summed E-state index contributed by atoms with van der Waals surface area (Å²) >= 11 is 7.48. The molecular formula is C20H15ClN2O2S. The molecule has 0 atom stereocenters. The van der Waals surface area contributed by atoms with Gasteiger partial charge in [0.05, 0.1) is 10.6 Å². The third kappa shape index (κ3) is 3.23. The number of thiazole rings is 1. The van der Waals surface area contributed by atoms with E-state index in [4.69, 9.17) is 16.0 Å². The van der Waals surface area contributed by atoms with Gasteiger partial charge in [0.25, 0.3) is 0 Å². The first-order chi connectivity index (χ1) is 12.5. The molecule has 2 aromatic carbocycles. The number of halogens is 1. The highest BCUT2D eigenvalue weighted by atomic mass is 35.5. The van der Waals surface area contributed by atoms with Gasteiger partial charge in [0.2, 0.25) is 0 Å². The summed E-state index contributed by atoms with van der Waals surface area (Å²) in [7, 11) is 0. The molecule has 0 aliphatic heterocycles. The second kappa shape index (κ2) is 6.59. The Morgan fingerprint density at radius 2 is 1.88 bits per heavy atom. The maximum Gasteiger partial charge on any atom is 0.346 e. The Labute approximate surface area is 159 Å². The van der Waals surface area contributed by atoms with Crippen LogP contribution >= 0.6 is 22.9 Å². The summed E-state index contributed by atoms with van der Waals surface area (Å²) in [5, 5.41) is 6.96. The fourth-order valence-electron chi connectivity index (χ4n) is 2.91. The van der Waals surface area contributed by atoms with E-state index in [1.54, 1.807) is 12.1 Å². The molecule has 2 heterocycles. The molecule has 4 rings (SSSR count). The molecule has 4 nitrogen and oxygen atoms in total. The molecule has 0 amide bonds. The quantitative estimate of drug-likeness (QED) is 0.446. The second-order valence-electron chi connectivity index (χ2n) is 6.15. The minimum atomic E-state index is -0.446. The SMILES string of the molecule is Cc1cc(C)cc(Nc2csc(-c3cc4cccc(Cl)c4oc3=O)n2)c1. The van der Waals surface area contributed by atoms with Crippen LogP contribution < -0.4 is 10.9 Å². The Balaban J connectivity index is 1.71. The molecule has 130 valence electrons. The number of anilines is 2. The Hall–Kier alpha value is -2.63. The molecule has 26 heavy (non-hydrogen) atoms. The molecule has 0 saturated carbocycles. The zero-order valence-electron chi connectivity index (χ0n) is 14.2. The molecule has 0 aliphatic rings. The van der Waals surface area contributed by atoms with Gasteiger partial charge in [-0.15, -0.1) is 11.3 Å². The number of hydrogen-bond donors (Lipinski definition) is 1. The van der Waals surface area contributed by atoms with Gasteiger partial charge in [0.15, 0.2) is 5.58 Å². The van der Waals surface area contributed by atoms with Crippen molar-refractivity contribution in [3.8, 4) is 10.6 Å². The van der Waals surface area contributed by atoms with Crippen molar-refractivity contribution in [3.63, 3.8) is 0 Å². The molecule has 0 fully saturated rings. The Morgan fingerprint density at radius 1 is 1.12 bits per heavy atom. The molecule has 0 bridgehead atoms. The van der Waals surface area contributed by atoms with Crippen molar-refractivity contribution in [3.05, 3.63) is 74.4 Å². The van der Waals surface area contributed by atoms with Gasteiger partial charge in [-0.2, -0.15) is 0 Å². The minimum absolute atomic E-state index is 0.396. The Kier molecular flexibility index (Phi) is 4.26. The van der Waals surface area contributed by atoms with Gasteiger partial charge in [-0.3, -0.25) is 0 Å². The number of fused-ring (bicyclic) bond motifs is 1. The highest BCUT2D eigenvalue weighted by Crippen LogP contribution is 2.29. The van der Waals surface area contributed by atoms with Crippen molar-refractivity contribution < 1.29 is 4.42 Å². The molecule has 1 N–H and O–H groups in total. The number of rotatable bonds is 3. The summed E-state index contributed by atoms with van der Waals surface area (Å²) in [4.78, 5) is 16.9. The van der Waals surface area contributed by atoms with Crippen LogP contribution in [-0.4, -0.2) is 4.98 Å². The molecule has 0 spiro atoms. The van der Waals surface area contributed by atoms with Crippen LogP contribution in [0.1, 0.15) is 11.1 Å². The van der Waals surface area contributed by atoms with Crippen molar-refractivity contribution in [1.29, 1.82) is 0 Å². The monoisotopic (exact) mass is 382 g/mol. The third-order valence-corrected chi connectivity index (χ3v) is 5.11. The van der Waals surface area contributed by atoms with Crippen LogP contribution in [-0.2, 0) is 0 Å². The Bertz CT molecular complexity index is 1160. The lowest BCUT2D eigenvalue weighted by atomic mass is 10.1. The van der Waals surface area contributed by atoms with Gasteiger partial charge in [-0.05, 0) is 49.2 Å². The number of para-hydroxylation sites is 1. The summed E-state index contributed by atoms with van der Waals surface area (Å²) in [6.07, 6.45) is 0. The molecule has 2 aromatic heterocycles. The number of nitrogens with zero attached hydrogens (tertiary/aromatic N) is 1. The van der Waals surface area contributed by atoms with Crippen LogP contribution in [0.2, 0.25) is 5.02 Å². The summed E-state index contributed by atoms with van der Waals surface area (Å²) in [5.74, 6) is 0.695. The van der Waals surface area contributed by atoms with Crippen LogP contribution in [0, 0.1) is 13.8 Å². The summed E-state index contributed by atoms with van der Waals surface area (Å²) in [6, 6.07) is 13.4. The first kappa shape index (κ1) is 16.8. The zero-order valence-corrected chi connectivity index (χ0v) is 15.7. The topological polar surface area (TPSA) is 55.1 Å². The van der Waals surface area contributed by atoms with Crippen LogP contribution in [0.15, 0.2) is 57.1 Å². The van der Waals surface area contributed by atoms with Crippen molar-refractivity contribution in [1.82, 2.24) is 4.98 Å². The first-order valence-corrected chi connectivity index (χ1v) is 9.29. The summed E-state index contributed by atoms with van der Waals surface area (Å²) in [5.41, 5.74) is 3.70. The van der Waals surface area contributed by atoms with E-state index in [0.717, 1.165) is 11.1 Å². The van der Waals surface area contributed by atoms with E-state index in [1.807, 2.05) is 17.5 Å². The third-order valence-electron chi connectivity index (χ3n) is 3.94. The molecular weight excluding hydrogens is 368 g/mol. The molecule has 6 heteroatoms. The average molecular weight is 383 g/mol. The van der Waals surface area contributed by atoms with Crippen LogP contribution in [0.25, 0.3) is 21.5 Å². The zero-order chi connectivity index (χ0) is 18.3. The number of nitrogens with one attached hydrogen (secondary N) is 1. The molecule has 4 aromatic rings. The fraction of sp³-hybridized carbons (Fsp3) is 0.100. The van der Waals surface area contributed by atoms with E-state index in [0.29, 0.717) is 27.0 Å². The van der Waals surface area contributed by atoms with Crippen molar-refractivity contribution in [2.45, 2.75) is 13.8 Å². The molecule has 0 saturated heterocycles. The highest BCUT2D eigenvalue weighted by Gasteiger charge is 2.13. The molecule has 0 unspecified atom stereocenters. The molecule has 0 radical (unpaired) electrons. The lowest BCUT2D eigenvalue weighted by Crippen LogP contribution is -2.02. The van der Waals surface area contributed by atoms with Gasteiger partial charge < -0.3 is 9.73 Å². The predicted octanol–water partition coefficient (Wildman–Crippen LogP) is 5.93. The standard InChI is InChI=1S/C20H15ClN2O2S/c1-11-6-12(2)8-14(7-11)22-17-10-26-19(23-17)15-9-13-4-3-5-16(21)18(13)25-20(15)24/h3-10,22H,1-2H3. The molecule has 0 aliphatic carbocycles. The van der Waals surface area contributed by atoms with E-state index in [1.165, 1.54) is 22.5 Å². The van der Waals surface area contributed by atoms with E-state index in [9.17, 15) is 4.79 Å². The highest BCUT2D eigenvalue weighted by molar-refractivity contribution is 7.13. The first-order valence-electron chi connectivity index (χ1n) is 8.03. The number of hydrogen-bond acceptors (Lipinski definition) is 5. The second-order valence-corrected chi connectivity index (χ2v) is 7.41. The van der Waals surface area contributed by atoms with E-state index < -0.39 is 5.63 Å². The van der Waals surface area contributed by atoms with Crippen molar-refractivity contribution >= 4 is 45.4 Å². The average Bonchev–Trinajstić information content (AvgIpc) is 3.02. The minimum Gasteiger partial charge on any atom is -0.421 e. The fourth-order valence-corrected chi connectivity index (χ4v) is 3.88. The lowest BCUT2D eigenvalue weighted by molar-refractivity contribution is 0.563. The normalized spacial score (nSPS) is 11.0. The maximum absolute atomic E-state index is 12.4. The van der Waals surface area contributed by atoms with Crippen LogP contribution in [0.3, 0.4) is 0 Å². The van der Waals surface area contributed by atoms with E-state index in [-0.39, 0.29) is 0 Å². The van der Waals surface area contributed by atoms with Gasteiger partial charge in [-0.1, -0.05) is 29.8 Å². The number of aromatic nitrogens is 1.